The number of amidine groups is 1. The summed E-state index contributed by atoms with van der Waals surface area (Å²) in [5.41, 5.74) is 5.81. The number of nitrogens with zero attached hydrogens (tertiary/aromatic N) is 2. The van der Waals surface area contributed by atoms with Crippen molar-refractivity contribution in [2.45, 2.75) is 62.3 Å². The van der Waals surface area contributed by atoms with Gasteiger partial charge in [0.2, 0.25) is 0 Å². The summed E-state index contributed by atoms with van der Waals surface area (Å²) in [5, 5.41) is 11.8. The summed E-state index contributed by atoms with van der Waals surface area (Å²) in [6, 6.07) is 0.186. The number of rotatable bonds is 3. The molecule has 1 saturated carbocycles. The maximum atomic E-state index is 11.8. The Balaban J connectivity index is 2.12. The average molecular weight is 303 g/mol. The van der Waals surface area contributed by atoms with E-state index < -0.39 is 9.84 Å². The zero-order valence-corrected chi connectivity index (χ0v) is 12.8. The van der Waals surface area contributed by atoms with Crippen molar-refractivity contribution < 1.29 is 13.6 Å². The van der Waals surface area contributed by atoms with Crippen molar-refractivity contribution in [2.24, 2.45) is 10.9 Å². The smallest absolute Gasteiger partial charge is 0.156 e. The van der Waals surface area contributed by atoms with Gasteiger partial charge in [-0.3, -0.25) is 4.90 Å². The lowest BCUT2D eigenvalue weighted by Crippen LogP contribution is -2.54. The molecule has 2 fully saturated rings. The van der Waals surface area contributed by atoms with Crippen LogP contribution in [0.1, 0.15) is 44.9 Å². The lowest BCUT2D eigenvalue weighted by atomic mass is 9.89. The molecular formula is C13H25N3O3S. The predicted octanol–water partition coefficient (Wildman–Crippen LogP) is 0.943. The van der Waals surface area contributed by atoms with E-state index in [1.807, 2.05) is 0 Å². The van der Waals surface area contributed by atoms with Gasteiger partial charge in [-0.15, -0.1) is 0 Å². The van der Waals surface area contributed by atoms with Gasteiger partial charge >= 0.3 is 0 Å². The van der Waals surface area contributed by atoms with Crippen LogP contribution in [0.4, 0.5) is 0 Å². The van der Waals surface area contributed by atoms with Crippen molar-refractivity contribution in [3.8, 4) is 0 Å². The van der Waals surface area contributed by atoms with E-state index in [2.05, 4.69) is 10.1 Å². The third-order valence-electron chi connectivity index (χ3n) is 4.67. The normalized spacial score (nSPS) is 34.0. The lowest BCUT2D eigenvalue weighted by molar-refractivity contribution is 0.103. The fraction of sp³-hybridized carbons (Fsp3) is 0.923. The molecule has 2 rings (SSSR count). The molecule has 0 aromatic rings. The van der Waals surface area contributed by atoms with E-state index in [0.717, 1.165) is 45.1 Å². The van der Waals surface area contributed by atoms with Crippen LogP contribution in [0.25, 0.3) is 0 Å². The number of nitrogens with two attached hydrogens (primary N) is 1. The molecule has 7 heteroatoms. The van der Waals surface area contributed by atoms with Gasteiger partial charge in [-0.25, -0.2) is 8.42 Å². The second kappa shape index (κ2) is 6.30. The molecule has 0 aromatic carbocycles. The Morgan fingerprint density at radius 1 is 1.25 bits per heavy atom. The molecule has 1 aliphatic carbocycles. The van der Waals surface area contributed by atoms with E-state index in [0.29, 0.717) is 6.42 Å². The Morgan fingerprint density at radius 2 is 2.00 bits per heavy atom. The SMILES string of the molecule is CS(=O)(=O)C1CCCC(N2CCCCC2C(N)=NO)C1. The van der Waals surface area contributed by atoms with Gasteiger partial charge in [0, 0.05) is 12.3 Å². The summed E-state index contributed by atoms with van der Waals surface area (Å²) in [6.07, 6.45) is 7.75. The largest absolute Gasteiger partial charge is 0.409 e. The van der Waals surface area contributed by atoms with E-state index in [1.54, 1.807) is 0 Å². The van der Waals surface area contributed by atoms with Crippen LogP contribution in [0.15, 0.2) is 5.16 Å². The minimum atomic E-state index is -2.98. The second-order valence-electron chi connectivity index (χ2n) is 6.05. The van der Waals surface area contributed by atoms with Crippen LogP contribution in [0, 0.1) is 0 Å². The maximum Gasteiger partial charge on any atom is 0.156 e. The standard InChI is InChI=1S/C13H25N3O3S/c1-20(18,19)11-6-4-5-10(9-11)16-8-3-2-7-12(16)13(14)15-17/h10-12,17H,2-9H2,1H3,(H2,14,15). The van der Waals surface area contributed by atoms with Crippen LogP contribution in [-0.2, 0) is 9.84 Å². The van der Waals surface area contributed by atoms with E-state index in [4.69, 9.17) is 10.9 Å². The Hall–Kier alpha value is -0.820. The van der Waals surface area contributed by atoms with Gasteiger partial charge in [-0.1, -0.05) is 18.0 Å². The zero-order chi connectivity index (χ0) is 14.8. The van der Waals surface area contributed by atoms with Crippen LogP contribution in [0.5, 0.6) is 0 Å². The van der Waals surface area contributed by atoms with Gasteiger partial charge < -0.3 is 10.9 Å². The molecule has 6 nitrogen and oxygen atoms in total. The molecule has 0 amide bonds. The summed E-state index contributed by atoms with van der Waals surface area (Å²) in [7, 11) is -2.98. The summed E-state index contributed by atoms with van der Waals surface area (Å²) in [5.74, 6) is 0.256. The van der Waals surface area contributed by atoms with Crippen LogP contribution in [0.2, 0.25) is 0 Å². The first-order valence-electron chi connectivity index (χ1n) is 7.35. The molecule has 3 unspecified atom stereocenters. The summed E-state index contributed by atoms with van der Waals surface area (Å²) < 4.78 is 23.6. The number of hydrogen-bond donors (Lipinski definition) is 2. The van der Waals surface area contributed by atoms with Crippen molar-refractivity contribution in [3.05, 3.63) is 0 Å². The first-order chi connectivity index (χ1) is 9.43. The van der Waals surface area contributed by atoms with Crippen molar-refractivity contribution in [1.29, 1.82) is 0 Å². The van der Waals surface area contributed by atoms with Gasteiger partial charge in [0.15, 0.2) is 5.84 Å². The van der Waals surface area contributed by atoms with E-state index in [-0.39, 0.29) is 23.2 Å². The van der Waals surface area contributed by atoms with Crippen molar-refractivity contribution in [3.63, 3.8) is 0 Å². The fourth-order valence-corrected chi connectivity index (χ4v) is 4.75. The quantitative estimate of drug-likeness (QED) is 0.350. The van der Waals surface area contributed by atoms with Crippen LogP contribution >= 0.6 is 0 Å². The third kappa shape index (κ3) is 3.44. The van der Waals surface area contributed by atoms with Gasteiger partial charge in [-0.2, -0.15) is 0 Å². The monoisotopic (exact) mass is 303 g/mol. The molecule has 20 heavy (non-hydrogen) atoms. The number of sulfone groups is 1. The first-order valence-corrected chi connectivity index (χ1v) is 9.31. The highest BCUT2D eigenvalue weighted by atomic mass is 32.2. The Morgan fingerprint density at radius 3 is 2.65 bits per heavy atom. The highest BCUT2D eigenvalue weighted by molar-refractivity contribution is 7.91. The highest BCUT2D eigenvalue weighted by Gasteiger charge is 2.36. The van der Waals surface area contributed by atoms with Crippen LogP contribution in [0.3, 0.4) is 0 Å². The topological polar surface area (TPSA) is 96.0 Å². The number of hydrogen-bond acceptors (Lipinski definition) is 5. The highest BCUT2D eigenvalue weighted by Crippen LogP contribution is 2.31. The number of oxime groups is 1. The van der Waals surface area contributed by atoms with Crippen molar-refractivity contribution in [1.82, 2.24) is 4.90 Å². The molecular weight excluding hydrogens is 278 g/mol. The van der Waals surface area contributed by atoms with Crippen LogP contribution < -0.4 is 5.73 Å². The predicted molar refractivity (Wildman–Crippen MR) is 78.6 cm³/mol. The molecule has 0 aromatic heterocycles. The molecule has 0 bridgehead atoms. The Kier molecular flexibility index (Phi) is 4.90. The van der Waals surface area contributed by atoms with Gasteiger partial charge in [0.1, 0.15) is 9.84 Å². The van der Waals surface area contributed by atoms with Gasteiger partial charge in [0.05, 0.1) is 11.3 Å². The summed E-state index contributed by atoms with van der Waals surface area (Å²) in [6.45, 7) is 0.905. The molecule has 1 aliphatic heterocycles. The molecule has 116 valence electrons. The molecule has 0 spiro atoms. The minimum Gasteiger partial charge on any atom is -0.409 e. The molecule has 0 radical (unpaired) electrons. The van der Waals surface area contributed by atoms with Crippen LogP contribution in [-0.4, -0.2) is 54.5 Å². The van der Waals surface area contributed by atoms with Crippen molar-refractivity contribution >= 4 is 15.7 Å². The Bertz CT molecular complexity index is 463. The second-order valence-corrected chi connectivity index (χ2v) is 8.37. The number of likely N-dealkylation sites (tertiary alicyclic amines) is 1. The molecule has 1 saturated heterocycles. The third-order valence-corrected chi connectivity index (χ3v) is 6.31. The zero-order valence-electron chi connectivity index (χ0n) is 12.0. The maximum absolute atomic E-state index is 11.8. The molecule has 3 N–H and O–H groups in total. The van der Waals surface area contributed by atoms with E-state index in [1.165, 1.54) is 6.26 Å². The van der Waals surface area contributed by atoms with Gasteiger partial charge in [0.25, 0.3) is 0 Å². The van der Waals surface area contributed by atoms with E-state index >= 15 is 0 Å². The fourth-order valence-electron chi connectivity index (χ4n) is 3.59. The van der Waals surface area contributed by atoms with Crippen molar-refractivity contribution in [2.75, 3.05) is 12.8 Å². The molecule has 3 atom stereocenters. The lowest BCUT2D eigenvalue weighted by Gasteiger charge is -2.43. The Labute approximate surface area is 120 Å². The molecule has 1 heterocycles. The van der Waals surface area contributed by atoms with Gasteiger partial charge in [-0.05, 0) is 38.6 Å². The summed E-state index contributed by atoms with van der Waals surface area (Å²) in [4.78, 5) is 2.26. The molecule has 2 aliphatic rings. The summed E-state index contributed by atoms with van der Waals surface area (Å²) >= 11 is 0. The number of piperidine rings is 1. The minimum absolute atomic E-state index is 0.0444. The average Bonchev–Trinajstić information content (AvgIpc) is 2.45. The first kappa shape index (κ1) is 15.6. The van der Waals surface area contributed by atoms with E-state index in [9.17, 15) is 8.42 Å².